The molecule has 0 aliphatic heterocycles. The number of rotatable bonds is 0. The summed E-state index contributed by atoms with van der Waals surface area (Å²) in [5.41, 5.74) is 6.43. The van der Waals surface area contributed by atoms with Gasteiger partial charge in [0, 0.05) is 17.7 Å². The number of allylic oxidation sites excluding steroid dienone is 9. The Balaban J connectivity index is 2.06. The van der Waals surface area contributed by atoms with E-state index < -0.39 is 0 Å². The molecule has 1 atom stereocenters. The van der Waals surface area contributed by atoms with Crippen LogP contribution in [0.4, 0.5) is 0 Å². The van der Waals surface area contributed by atoms with Gasteiger partial charge < -0.3 is 0 Å². The third-order valence-electron chi connectivity index (χ3n) is 3.55. The van der Waals surface area contributed by atoms with Crippen molar-refractivity contribution in [3.8, 4) is 0 Å². The average molecular weight is 217 g/mol. The number of aromatic nitrogens is 1. The number of hydrogen-bond donors (Lipinski definition) is 0. The van der Waals surface area contributed by atoms with Crippen molar-refractivity contribution in [2.45, 2.75) is 0 Å². The quantitative estimate of drug-likeness (QED) is 0.647. The van der Waals surface area contributed by atoms with Crippen molar-refractivity contribution in [3.05, 3.63) is 77.2 Å². The van der Waals surface area contributed by atoms with E-state index in [-0.39, 0.29) is 0 Å². The monoisotopic (exact) mass is 217 g/mol. The standard InChI is InChI=1S/C16H11N/c1-4-11-5-2-8-14-15(11)12(6-1)10-13-7-3-9-17-16(13)14/h1-10,15H. The van der Waals surface area contributed by atoms with E-state index in [0.29, 0.717) is 5.92 Å². The van der Waals surface area contributed by atoms with Crippen LogP contribution in [0.3, 0.4) is 0 Å². The summed E-state index contributed by atoms with van der Waals surface area (Å²) in [6.45, 7) is 0. The van der Waals surface area contributed by atoms with Gasteiger partial charge in [0.2, 0.25) is 0 Å². The van der Waals surface area contributed by atoms with Gasteiger partial charge in [-0.25, -0.2) is 0 Å². The zero-order valence-corrected chi connectivity index (χ0v) is 9.30. The second kappa shape index (κ2) is 3.17. The van der Waals surface area contributed by atoms with Gasteiger partial charge in [0.1, 0.15) is 0 Å². The summed E-state index contributed by atoms with van der Waals surface area (Å²) in [6.07, 6.45) is 17.2. The molecule has 0 amide bonds. The van der Waals surface area contributed by atoms with Gasteiger partial charge >= 0.3 is 0 Å². The van der Waals surface area contributed by atoms with Crippen LogP contribution in [0.2, 0.25) is 0 Å². The summed E-state index contributed by atoms with van der Waals surface area (Å²) < 4.78 is 0. The van der Waals surface area contributed by atoms with Crippen LogP contribution in [0, 0.1) is 5.92 Å². The van der Waals surface area contributed by atoms with Crippen molar-refractivity contribution in [1.82, 2.24) is 4.98 Å². The van der Waals surface area contributed by atoms with Gasteiger partial charge in [-0.2, -0.15) is 0 Å². The van der Waals surface area contributed by atoms with Crippen molar-refractivity contribution < 1.29 is 0 Å². The minimum atomic E-state index is 0.396. The summed E-state index contributed by atoms with van der Waals surface area (Å²) in [7, 11) is 0. The Labute approximate surface area is 100 Å². The fraction of sp³-hybridized carbons (Fsp3) is 0.0625. The topological polar surface area (TPSA) is 12.9 Å². The highest BCUT2D eigenvalue weighted by molar-refractivity contribution is 5.87. The zero-order chi connectivity index (χ0) is 11.2. The van der Waals surface area contributed by atoms with Crippen LogP contribution in [-0.2, 0) is 0 Å². The Kier molecular flexibility index (Phi) is 1.67. The molecule has 0 radical (unpaired) electrons. The fourth-order valence-corrected chi connectivity index (χ4v) is 2.83. The fourth-order valence-electron chi connectivity index (χ4n) is 2.83. The molecule has 0 bridgehead atoms. The molecule has 3 aliphatic carbocycles. The van der Waals surface area contributed by atoms with Crippen molar-refractivity contribution in [1.29, 1.82) is 0 Å². The highest BCUT2D eigenvalue weighted by atomic mass is 14.7. The van der Waals surface area contributed by atoms with Crippen LogP contribution in [0.5, 0.6) is 0 Å². The molecular weight excluding hydrogens is 206 g/mol. The van der Waals surface area contributed by atoms with E-state index in [0.717, 1.165) is 5.69 Å². The Morgan fingerprint density at radius 3 is 2.88 bits per heavy atom. The number of hydrogen-bond acceptors (Lipinski definition) is 1. The Morgan fingerprint density at radius 2 is 1.88 bits per heavy atom. The van der Waals surface area contributed by atoms with E-state index in [1.165, 1.54) is 22.3 Å². The molecule has 0 aromatic carbocycles. The highest BCUT2D eigenvalue weighted by Gasteiger charge is 2.30. The van der Waals surface area contributed by atoms with Gasteiger partial charge in [-0.1, -0.05) is 42.5 Å². The van der Waals surface area contributed by atoms with Gasteiger partial charge in [0.05, 0.1) is 5.69 Å². The second-order valence-corrected chi connectivity index (χ2v) is 4.53. The maximum Gasteiger partial charge on any atom is 0.0743 e. The molecule has 1 aromatic heterocycles. The molecule has 1 nitrogen and oxygen atoms in total. The Bertz CT molecular complexity index is 654. The van der Waals surface area contributed by atoms with Crippen LogP contribution >= 0.6 is 0 Å². The molecule has 17 heavy (non-hydrogen) atoms. The van der Waals surface area contributed by atoms with E-state index in [4.69, 9.17) is 0 Å². The van der Waals surface area contributed by atoms with Crippen LogP contribution < -0.4 is 0 Å². The Morgan fingerprint density at radius 1 is 1.00 bits per heavy atom. The molecule has 80 valence electrons. The molecule has 1 heterocycles. The normalized spacial score (nSPS) is 23.3. The lowest BCUT2D eigenvalue weighted by Gasteiger charge is -2.31. The van der Waals surface area contributed by atoms with Gasteiger partial charge in [-0.05, 0) is 28.9 Å². The summed E-state index contributed by atoms with van der Waals surface area (Å²) in [5.74, 6) is 0.396. The average Bonchev–Trinajstić information content (AvgIpc) is 2.39. The molecule has 1 aromatic rings. The molecule has 4 rings (SSSR count). The molecule has 0 saturated carbocycles. The molecular formula is C16H11N. The van der Waals surface area contributed by atoms with E-state index >= 15 is 0 Å². The van der Waals surface area contributed by atoms with E-state index in [9.17, 15) is 0 Å². The van der Waals surface area contributed by atoms with Crippen molar-refractivity contribution >= 4 is 11.6 Å². The van der Waals surface area contributed by atoms with Crippen LogP contribution in [0.15, 0.2) is 65.9 Å². The molecule has 1 heteroatoms. The maximum atomic E-state index is 4.53. The summed E-state index contributed by atoms with van der Waals surface area (Å²) in [4.78, 5) is 4.53. The lowest BCUT2D eigenvalue weighted by atomic mass is 9.73. The van der Waals surface area contributed by atoms with Crippen molar-refractivity contribution in [2.75, 3.05) is 0 Å². The third kappa shape index (κ3) is 1.17. The lowest BCUT2D eigenvalue weighted by Crippen LogP contribution is -2.17. The summed E-state index contributed by atoms with van der Waals surface area (Å²) in [5, 5.41) is 0. The number of nitrogens with zero attached hydrogens (tertiary/aromatic N) is 1. The third-order valence-corrected chi connectivity index (χ3v) is 3.55. The predicted octanol–water partition coefficient (Wildman–Crippen LogP) is 3.54. The first-order chi connectivity index (χ1) is 8.43. The molecule has 3 aliphatic rings. The number of pyridine rings is 1. The van der Waals surface area contributed by atoms with Crippen LogP contribution in [0.25, 0.3) is 11.6 Å². The smallest absolute Gasteiger partial charge is 0.0743 e. The molecule has 0 saturated heterocycles. The van der Waals surface area contributed by atoms with Gasteiger partial charge in [-0.3, -0.25) is 4.98 Å². The van der Waals surface area contributed by atoms with Gasteiger partial charge in [0.15, 0.2) is 0 Å². The molecule has 0 N–H and O–H groups in total. The second-order valence-electron chi connectivity index (χ2n) is 4.53. The largest absolute Gasteiger partial charge is 0.256 e. The maximum absolute atomic E-state index is 4.53. The predicted molar refractivity (Wildman–Crippen MR) is 70.0 cm³/mol. The summed E-state index contributed by atoms with van der Waals surface area (Å²) >= 11 is 0. The number of fused-ring (bicyclic) bond motifs is 2. The van der Waals surface area contributed by atoms with Crippen molar-refractivity contribution in [3.63, 3.8) is 0 Å². The van der Waals surface area contributed by atoms with Crippen LogP contribution in [0.1, 0.15) is 11.3 Å². The van der Waals surface area contributed by atoms with Gasteiger partial charge in [-0.15, -0.1) is 0 Å². The Hall–Kier alpha value is -2.15. The van der Waals surface area contributed by atoms with Crippen LogP contribution in [-0.4, -0.2) is 4.98 Å². The van der Waals surface area contributed by atoms with E-state index in [1.54, 1.807) is 0 Å². The molecule has 0 fully saturated rings. The first kappa shape index (κ1) is 8.94. The van der Waals surface area contributed by atoms with E-state index in [2.05, 4.69) is 53.6 Å². The SMILES string of the molecule is C1=CC2=CC=CC3=Cc4cccnc4C(=C1)C23. The highest BCUT2D eigenvalue weighted by Crippen LogP contribution is 2.44. The van der Waals surface area contributed by atoms with Crippen molar-refractivity contribution in [2.24, 2.45) is 5.92 Å². The molecule has 0 spiro atoms. The first-order valence-electron chi connectivity index (χ1n) is 5.87. The van der Waals surface area contributed by atoms with E-state index in [1.807, 2.05) is 12.3 Å². The summed E-state index contributed by atoms with van der Waals surface area (Å²) in [6, 6.07) is 4.13. The minimum Gasteiger partial charge on any atom is -0.256 e. The van der Waals surface area contributed by atoms with Gasteiger partial charge in [0.25, 0.3) is 0 Å². The molecule has 1 unspecified atom stereocenters. The zero-order valence-electron chi connectivity index (χ0n) is 9.30. The first-order valence-corrected chi connectivity index (χ1v) is 5.87. The lowest BCUT2D eigenvalue weighted by molar-refractivity contribution is 0.938. The minimum absolute atomic E-state index is 0.396.